The third-order valence-electron chi connectivity index (χ3n) is 2.70. The van der Waals surface area contributed by atoms with Gasteiger partial charge in [-0.05, 0) is 13.8 Å². The second-order valence-corrected chi connectivity index (χ2v) is 6.88. The topological polar surface area (TPSA) is 92.9 Å². The minimum absolute atomic E-state index is 0.0512. The third kappa shape index (κ3) is 3.35. The van der Waals surface area contributed by atoms with Crippen molar-refractivity contribution in [2.24, 2.45) is 5.73 Å². The van der Waals surface area contributed by atoms with Gasteiger partial charge >= 0.3 is 0 Å². The van der Waals surface area contributed by atoms with Crippen molar-refractivity contribution in [1.29, 1.82) is 0 Å². The highest BCUT2D eigenvalue weighted by Gasteiger charge is 2.36. The summed E-state index contributed by atoms with van der Waals surface area (Å²) in [6, 6.07) is 0. The lowest BCUT2D eigenvalue weighted by atomic mass is 10.2. The quantitative estimate of drug-likeness (QED) is 0.647. The zero-order valence-electron chi connectivity index (χ0n) is 9.87. The molecule has 0 aromatic carbocycles. The van der Waals surface area contributed by atoms with Crippen molar-refractivity contribution in [2.75, 3.05) is 19.7 Å². The summed E-state index contributed by atoms with van der Waals surface area (Å²) in [6.45, 7) is 3.40. The predicted octanol–water partition coefficient (Wildman–Crippen LogP) is -0.928. The normalized spacial score (nSPS) is 28.9. The number of ether oxygens (including phenoxy) is 1. The molecule has 3 atom stereocenters. The maximum absolute atomic E-state index is 12.2. The molecule has 0 saturated carbocycles. The van der Waals surface area contributed by atoms with Crippen molar-refractivity contribution in [2.45, 2.75) is 31.3 Å². The molecule has 0 spiro atoms. The molecule has 8 heteroatoms. The van der Waals surface area contributed by atoms with Crippen LogP contribution in [-0.4, -0.2) is 60.0 Å². The van der Waals surface area contributed by atoms with Crippen molar-refractivity contribution >= 4 is 27.2 Å². The Morgan fingerprint density at radius 3 is 2.71 bits per heavy atom. The van der Waals surface area contributed by atoms with Gasteiger partial charge in [-0.25, -0.2) is 8.42 Å². The van der Waals surface area contributed by atoms with Crippen LogP contribution in [0.4, 0.5) is 0 Å². The number of morpholine rings is 1. The van der Waals surface area contributed by atoms with Gasteiger partial charge in [-0.15, -0.1) is 0 Å². The Kier molecular flexibility index (Phi) is 4.85. The number of nitrogens with zero attached hydrogens (tertiary/aromatic N) is 1. The first-order chi connectivity index (χ1) is 7.78. The second kappa shape index (κ2) is 5.57. The molecule has 3 N–H and O–H groups in total. The number of aliphatic hydroxyl groups is 1. The molecule has 0 aliphatic carbocycles. The van der Waals surface area contributed by atoms with Crippen LogP contribution >= 0.6 is 12.2 Å². The minimum atomic E-state index is -3.56. The molecule has 3 unspecified atom stereocenters. The maximum Gasteiger partial charge on any atom is 0.223 e. The maximum atomic E-state index is 12.2. The van der Waals surface area contributed by atoms with E-state index < -0.39 is 21.4 Å². The first-order valence-corrected chi connectivity index (χ1v) is 7.24. The van der Waals surface area contributed by atoms with Crippen LogP contribution in [0.3, 0.4) is 0 Å². The Hall–Kier alpha value is -0.280. The molecule has 100 valence electrons. The van der Waals surface area contributed by atoms with Gasteiger partial charge in [-0.3, -0.25) is 0 Å². The lowest BCUT2D eigenvalue weighted by Gasteiger charge is -2.36. The van der Waals surface area contributed by atoms with E-state index in [-0.39, 0.29) is 30.8 Å². The lowest BCUT2D eigenvalue weighted by Crippen LogP contribution is -2.53. The van der Waals surface area contributed by atoms with Crippen LogP contribution in [0.25, 0.3) is 0 Å². The molecule has 0 radical (unpaired) electrons. The molecular formula is C9H18N2O4S2. The zero-order chi connectivity index (χ0) is 13.2. The minimum Gasteiger partial charge on any atom is -0.394 e. The fraction of sp³-hybridized carbons (Fsp3) is 0.889. The lowest BCUT2D eigenvalue weighted by molar-refractivity contribution is -0.0751. The van der Waals surface area contributed by atoms with Crippen LogP contribution in [0.1, 0.15) is 13.8 Å². The summed E-state index contributed by atoms with van der Waals surface area (Å²) in [7, 11) is -3.56. The van der Waals surface area contributed by atoms with Crippen molar-refractivity contribution in [3.8, 4) is 0 Å². The van der Waals surface area contributed by atoms with E-state index in [0.717, 1.165) is 0 Å². The summed E-state index contributed by atoms with van der Waals surface area (Å²) >= 11 is 4.71. The molecule has 1 aliphatic rings. The second-order valence-electron chi connectivity index (χ2n) is 4.16. The molecule has 1 fully saturated rings. The molecule has 0 amide bonds. The van der Waals surface area contributed by atoms with Gasteiger partial charge < -0.3 is 15.6 Å². The van der Waals surface area contributed by atoms with Crippen LogP contribution in [0.15, 0.2) is 0 Å². The highest BCUT2D eigenvalue weighted by atomic mass is 32.2. The van der Waals surface area contributed by atoms with Gasteiger partial charge in [0.25, 0.3) is 0 Å². The molecule has 6 nitrogen and oxygen atoms in total. The number of sulfonamides is 1. The molecule has 0 bridgehead atoms. The van der Waals surface area contributed by atoms with E-state index in [1.54, 1.807) is 6.92 Å². The summed E-state index contributed by atoms with van der Waals surface area (Å²) in [5, 5.41) is 8.14. The van der Waals surface area contributed by atoms with Crippen molar-refractivity contribution < 1.29 is 18.3 Å². The van der Waals surface area contributed by atoms with E-state index in [0.29, 0.717) is 0 Å². The van der Waals surface area contributed by atoms with Gasteiger partial charge in [-0.1, -0.05) is 12.2 Å². The number of hydrogen-bond donors (Lipinski definition) is 2. The first kappa shape index (κ1) is 14.8. The highest BCUT2D eigenvalue weighted by Crippen LogP contribution is 2.17. The fourth-order valence-corrected chi connectivity index (χ4v) is 3.58. The van der Waals surface area contributed by atoms with Gasteiger partial charge in [0.15, 0.2) is 0 Å². The Morgan fingerprint density at radius 1 is 1.65 bits per heavy atom. The van der Waals surface area contributed by atoms with E-state index in [2.05, 4.69) is 0 Å². The average molecular weight is 282 g/mol. The summed E-state index contributed by atoms with van der Waals surface area (Å²) in [5.74, 6) is 0. The zero-order valence-corrected chi connectivity index (χ0v) is 11.5. The molecule has 0 aromatic heterocycles. The largest absolute Gasteiger partial charge is 0.394 e. The molecule has 1 aliphatic heterocycles. The number of thiocarbonyl (C=S) groups is 1. The fourth-order valence-electron chi connectivity index (χ4n) is 1.68. The van der Waals surface area contributed by atoms with E-state index >= 15 is 0 Å². The van der Waals surface area contributed by atoms with E-state index in [9.17, 15) is 8.42 Å². The van der Waals surface area contributed by atoms with E-state index in [4.69, 9.17) is 27.8 Å². The molecule has 0 aromatic rings. The van der Waals surface area contributed by atoms with Gasteiger partial charge in [0.2, 0.25) is 10.0 Å². The first-order valence-electron chi connectivity index (χ1n) is 5.33. The van der Waals surface area contributed by atoms with Gasteiger partial charge in [0.1, 0.15) is 5.25 Å². The van der Waals surface area contributed by atoms with Gasteiger partial charge in [-0.2, -0.15) is 4.31 Å². The predicted molar refractivity (Wildman–Crippen MR) is 68.2 cm³/mol. The number of aliphatic hydroxyl groups excluding tert-OH is 1. The number of hydrogen-bond acceptors (Lipinski definition) is 5. The molecule has 1 rings (SSSR count). The molecule has 1 heterocycles. The summed E-state index contributed by atoms with van der Waals surface area (Å²) in [5.41, 5.74) is 5.38. The van der Waals surface area contributed by atoms with Crippen LogP contribution in [0, 0.1) is 0 Å². The highest BCUT2D eigenvalue weighted by molar-refractivity contribution is 7.92. The van der Waals surface area contributed by atoms with Crippen molar-refractivity contribution in [1.82, 2.24) is 4.31 Å². The third-order valence-corrected chi connectivity index (χ3v) is 5.37. The SMILES string of the molecule is CC1CN(S(=O)(=O)C(C)C(N)=S)CC(CO)O1. The van der Waals surface area contributed by atoms with Crippen molar-refractivity contribution in [3.05, 3.63) is 0 Å². The number of nitrogens with two attached hydrogens (primary N) is 1. The van der Waals surface area contributed by atoms with Crippen LogP contribution < -0.4 is 5.73 Å². The Morgan fingerprint density at radius 2 is 2.24 bits per heavy atom. The Labute approximate surface area is 107 Å². The van der Waals surface area contributed by atoms with E-state index in [1.807, 2.05) is 0 Å². The summed E-state index contributed by atoms with van der Waals surface area (Å²) in [6.07, 6.45) is -0.749. The summed E-state index contributed by atoms with van der Waals surface area (Å²) in [4.78, 5) is -0.0512. The van der Waals surface area contributed by atoms with Crippen LogP contribution in [-0.2, 0) is 14.8 Å². The van der Waals surface area contributed by atoms with Crippen LogP contribution in [0.5, 0.6) is 0 Å². The van der Waals surface area contributed by atoms with Crippen molar-refractivity contribution in [3.63, 3.8) is 0 Å². The Bertz CT molecular complexity index is 384. The van der Waals surface area contributed by atoms with Crippen LogP contribution in [0.2, 0.25) is 0 Å². The number of rotatable bonds is 4. The Balaban J connectivity index is 2.87. The monoisotopic (exact) mass is 282 g/mol. The molecule has 17 heavy (non-hydrogen) atoms. The molecular weight excluding hydrogens is 264 g/mol. The standard InChI is InChI=1S/C9H18N2O4S2/c1-6-3-11(4-8(5-12)15-6)17(13,14)7(2)9(10)16/h6-8,12H,3-5H2,1-2H3,(H2,10,16). The smallest absolute Gasteiger partial charge is 0.223 e. The molecule has 1 saturated heterocycles. The summed E-state index contributed by atoms with van der Waals surface area (Å²) < 4.78 is 31.0. The van der Waals surface area contributed by atoms with Gasteiger partial charge in [0, 0.05) is 13.1 Å². The average Bonchev–Trinajstić information content (AvgIpc) is 2.26. The van der Waals surface area contributed by atoms with Gasteiger partial charge in [0.05, 0.1) is 23.8 Å². The van der Waals surface area contributed by atoms with E-state index in [1.165, 1.54) is 11.2 Å².